The van der Waals surface area contributed by atoms with Crippen LogP contribution in [-0.4, -0.2) is 23.9 Å². The third kappa shape index (κ3) is 2.83. The van der Waals surface area contributed by atoms with Crippen LogP contribution >= 0.6 is 11.6 Å². The number of amides is 3. The van der Waals surface area contributed by atoms with Crippen LogP contribution in [0.2, 0.25) is 5.02 Å². The number of imide groups is 1. The molecule has 1 heterocycles. The monoisotopic (exact) mass is 344 g/mol. The molecule has 0 aliphatic carbocycles. The van der Waals surface area contributed by atoms with E-state index < -0.39 is 11.6 Å². The summed E-state index contributed by atoms with van der Waals surface area (Å²) in [6, 6.07) is 13.7. The van der Waals surface area contributed by atoms with Gasteiger partial charge in [0.1, 0.15) is 11.3 Å². The molecule has 0 saturated carbocycles. The van der Waals surface area contributed by atoms with Crippen LogP contribution in [0, 0.1) is 0 Å². The van der Waals surface area contributed by atoms with Crippen LogP contribution in [-0.2, 0) is 16.9 Å². The number of ether oxygens (including phenoxy) is 1. The molecule has 0 radical (unpaired) electrons. The van der Waals surface area contributed by atoms with Crippen molar-refractivity contribution in [2.24, 2.45) is 0 Å². The first-order valence-electron chi connectivity index (χ1n) is 7.47. The molecule has 24 heavy (non-hydrogen) atoms. The molecule has 1 aliphatic rings. The Kier molecular flexibility index (Phi) is 4.20. The molecule has 0 aromatic heterocycles. The van der Waals surface area contributed by atoms with Crippen LogP contribution in [0.15, 0.2) is 48.5 Å². The molecule has 0 spiro atoms. The van der Waals surface area contributed by atoms with Gasteiger partial charge in [-0.25, -0.2) is 4.79 Å². The number of carbonyl (C=O) groups is 2. The van der Waals surface area contributed by atoms with Crippen molar-refractivity contribution in [3.05, 3.63) is 64.7 Å². The maximum Gasteiger partial charge on any atom is 0.325 e. The van der Waals surface area contributed by atoms with E-state index >= 15 is 0 Å². The first kappa shape index (κ1) is 16.3. The summed E-state index contributed by atoms with van der Waals surface area (Å²) in [5.74, 6) is 0.407. The summed E-state index contributed by atoms with van der Waals surface area (Å²) in [5.41, 5.74) is 0.456. The van der Waals surface area contributed by atoms with Crippen molar-refractivity contribution in [3.63, 3.8) is 0 Å². The van der Waals surface area contributed by atoms with Crippen molar-refractivity contribution < 1.29 is 14.3 Å². The molecule has 5 nitrogen and oxygen atoms in total. The molecular formula is C18H17ClN2O3. The Bertz CT molecular complexity index is 774. The van der Waals surface area contributed by atoms with Gasteiger partial charge < -0.3 is 10.1 Å². The Balaban J connectivity index is 1.85. The van der Waals surface area contributed by atoms with Gasteiger partial charge in [0.2, 0.25) is 0 Å². The highest BCUT2D eigenvalue weighted by molar-refractivity contribution is 6.30. The van der Waals surface area contributed by atoms with E-state index in [-0.39, 0.29) is 12.5 Å². The molecule has 6 heteroatoms. The van der Waals surface area contributed by atoms with Gasteiger partial charge in [0, 0.05) is 5.02 Å². The third-order valence-electron chi connectivity index (χ3n) is 4.20. The molecule has 1 saturated heterocycles. The van der Waals surface area contributed by atoms with Crippen molar-refractivity contribution in [2.45, 2.75) is 19.0 Å². The highest BCUT2D eigenvalue weighted by Gasteiger charge is 2.48. The molecule has 2 aromatic carbocycles. The van der Waals surface area contributed by atoms with Crippen LogP contribution in [0.4, 0.5) is 4.79 Å². The van der Waals surface area contributed by atoms with Gasteiger partial charge in [-0.05, 0) is 42.3 Å². The van der Waals surface area contributed by atoms with Gasteiger partial charge in [-0.3, -0.25) is 9.69 Å². The molecule has 1 atom stereocenters. The van der Waals surface area contributed by atoms with E-state index in [1.54, 1.807) is 62.6 Å². The summed E-state index contributed by atoms with van der Waals surface area (Å²) < 4.78 is 5.13. The Hall–Kier alpha value is -2.53. The fourth-order valence-electron chi connectivity index (χ4n) is 2.73. The SMILES string of the molecule is COc1ccc([C@@]2(C)NC(=O)N(Cc3ccc(Cl)cc3)C2=O)cc1. The lowest BCUT2D eigenvalue weighted by Crippen LogP contribution is -2.40. The average molecular weight is 345 g/mol. The number of nitrogens with one attached hydrogen (secondary N) is 1. The molecule has 124 valence electrons. The van der Waals surface area contributed by atoms with E-state index in [0.717, 1.165) is 5.56 Å². The van der Waals surface area contributed by atoms with Crippen LogP contribution in [0.3, 0.4) is 0 Å². The zero-order valence-electron chi connectivity index (χ0n) is 13.4. The van der Waals surface area contributed by atoms with Crippen molar-refractivity contribution in [3.8, 4) is 5.75 Å². The van der Waals surface area contributed by atoms with Gasteiger partial charge in [-0.15, -0.1) is 0 Å². The summed E-state index contributed by atoms with van der Waals surface area (Å²) in [4.78, 5) is 26.4. The second-order valence-electron chi connectivity index (χ2n) is 5.80. The Morgan fingerprint density at radius 1 is 1.08 bits per heavy atom. The molecule has 0 unspecified atom stereocenters. The van der Waals surface area contributed by atoms with Crippen LogP contribution in [0.5, 0.6) is 5.75 Å². The topological polar surface area (TPSA) is 58.6 Å². The quantitative estimate of drug-likeness (QED) is 0.866. The maximum absolute atomic E-state index is 12.8. The lowest BCUT2D eigenvalue weighted by Gasteiger charge is -2.22. The highest BCUT2D eigenvalue weighted by atomic mass is 35.5. The fourth-order valence-corrected chi connectivity index (χ4v) is 2.86. The molecule has 3 rings (SSSR count). The Morgan fingerprint density at radius 2 is 1.71 bits per heavy atom. The van der Waals surface area contributed by atoms with Gasteiger partial charge in [0.05, 0.1) is 13.7 Å². The summed E-state index contributed by atoms with van der Waals surface area (Å²) in [6.45, 7) is 1.91. The molecule has 0 bridgehead atoms. The van der Waals surface area contributed by atoms with Gasteiger partial charge in [-0.1, -0.05) is 35.9 Å². The van der Waals surface area contributed by atoms with Gasteiger partial charge in [0.25, 0.3) is 5.91 Å². The smallest absolute Gasteiger partial charge is 0.325 e. The number of methoxy groups -OCH3 is 1. The zero-order valence-corrected chi connectivity index (χ0v) is 14.1. The summed E-state index contributed by atoms with van der Waals surface area (Å²) in [5, 5.41) is 3.40. The van der Waals surface area contributed by atoms with Crippen LogP contribution < -0.4 is 10.1 Å². The van der Waals surface area contributed by atoms with Crippen LogP contribution in [0.25, 0.3) is 0 Å². The molecule has 1 fully saturated rings. The largest absolute Gasteiger partial charge is 0.497 e. The minimum atomic E-state index is -1.09. The molecule has 1 N–H and O–H groups in total. The second kappa shape index (κ2) is 6.17. The van der Waals surface area contributed by atoms with E-state index in [0.29, 0.717) is 16.3 Å². The minimum Gasteiger partial charge on any atom is -0.497 e. The Morgan fingerprint density at radius 3 is 2.29 bits per heavy atom. The first-order chi connectivity index (χ1) is 11.4. The number of carbonyl (C=O) groups excluding carboxylic acids is 2. The second-order valence-corrected chi connectivity index (χ2v) is 6.24. The van der Waals surface area contributed by atoms with E-state index in [4.69, 9.17) is 16.3 Å². The van der Waals surface area contributed by atoms with E-state index in [9.17, 15) is 9.59 Å². The maximum atomic E-state index is 12.8. The van der Waals surface area contributed by atoms with Crippen molar-refractivity contribution >= 4 is 23.5 Å². The van der Waals surface area contributed by atoms with Gasteiger partial charge in [-0.2, -0.15) is 0 Å². The predicted octanol–water partition coefficient (Wildman–Crippen LogP) is 3.32. The number of hydrogen-bond donors (Lipinski definition) is 1. The molecular weight excluding hydrogens is 328 g/mol. The summed E-state index contributed by atoms with van der Waals surface area (Å²) in [7, 11) is 1.58. The molecule has 1 aliphatic heterocycles. The standard InChI is InChI=1S/C18H17ClN2O3/c1-18(13-5-9-15(24-2)10-6-13)16(22)21(17(23)20-18)11-12-3-7-14(19)8-4-12/h3-10H,11H2,1-2H3,(H,20,23)/t18-/m1/s1. The highest BCUT2D eigenvalue weighted by Crippen LogP contribution is 2.31. The minimum absolute atomic E-state index is 0.202. The van der Waals surface area contributed by atoms with E-state index in [1.807, 2.05) is 0 Å². The number of halogens is 1. The zero-order chi connectivity index (χ0) is 17.3. The van der Waals surface area contributed by atoms with E-state index in [2.05, 4.69) is 5.32 Å². The van der Waals surface area contributed by atoms with E-state index in [1.165, 1.54) is 4.90 Å². The number of benzene rings is 2. The van der Waals surface area contributed by atoms with Crippen molar-refractivity contribution in [1.82, 2.24) is 10.2 Å². The molecule has 3 amide bonds. The number of nitrogens with zero attached hydrogens (tertiary/aromatic N) is 1. The van der Waals surface area contributed by atoms with Gasteiger partial charge in [0.15, 0.2) is 0 Å². The number of rotatable bonds is 4. The number of hydrogen-bond acceptors (Lipinski definition) is 3. The Labute approximate surface area is 145 Å². The van der Waals surface area contributed by atoms with Crippen LogP contribution in [0.1, 0.15) is 18.1 Å². The third-order valence-corrected chi connectivity index (χ3v) is 4.45. The van der Waals surface area contributed by atoms with Crippen molar-refractivity contribution in [2.75, 3.05) is 7.11 Å². The van der Waals surface area contributed by atoms with Gasteiger partial charge >= 0.3 is 6.03 Å². The first-order valence-corrected chi connectivity index (χ1v) is 7.85. The summed E-state index contributed by atoms with van der Waals surface area (Å²) in [6.07, 6.45) is 0. The fraction of sp³-hybridized carbons (Fsp3) is 0.222. The predicted molar refractivity (Wildman–Crippen MR) is 90.9 cm³/mol. The lowest BCUT2D eigenvalue weighted by molar-refractivity contribution is -0.131. The average Bonchev–Trinajstić information content (AvgIpc) is 2.81. The summed E-state index contributed by atoms with van der Waals surface area (Å²) >= 11 is 5.87. The molecule has 2 aromatic rings. The number of urea groups is 1. The lowest BCUT2D eigenvalue weighted by atomic mass is 9.92. The van der Waals surface area contributed by atoms with Crippen molar-refractivity contribution in [1.29, 1.82) is 0 Å². The normalized spacial score (nSPS) is 20.2.